The number of rotatable bonds is 6. The molecule has 2 amide bonds. The summed E-state index contributed by atoms with van der Waals surface area (Å²) in [7, 11) is 0. The average Bonchev–Trinajstić information content (AvgIpc) is 3.27. The molecular formula is C23H24ClN7O4. The van der Waals surface area contributed by atoms with Crippen LogP contribution in [0.2, 0.25) is 5.02 Å². The highest BCUT2D eigenvalue weighted by molar-refractivity contribution is 6.33. The normalized spacial score (nSPS) is 17.2. The summed E-state index contributed by atoms with van der Waals surface area (Å²) >= 11 is 6.63. The number of hydrogen-bond acceptors (Lipinski definition) is 9. The first-order valence-electron chi connectivity index (χ1n) is 11.2. The number of aliphatic hydroxyl groups is 2. The molecule has 5 rings (SSSR count). The number of nitrogens with one attached hydrogen (secondary N) is 1. The number of aromatic nitrogens is 4. The molecule has 3 aromatic rings. The molecule has 0 aliphatic carbocycles. The summed E-state index contributed by atoms with van der Waals surface area (Å²) in [5.74, 6) is 0.824. The van der Waals surface area contributed by atoms with Gasteiger partial charge in [-0.15, -0.1) is 0 Å². The van der Waals surface area contributed by atoms with Crippen molar-refractivity contribution in [3.05, 3.63) is 47.5 Å². The van der Waals surface area contributed by atoms with Crippen molar-refractivity contribution in [3.63, 3.8) is 0 Å². The molecule has 1 fully saturated rings. The molecular weight excluding hydrogens is 474 g/mol. The van der Waals surface area contributed by atoms with Crippen molar-refractivity contribution < 1.29 is 19.7 Å². The number of nitrogens with zero attached hydrogens (tertiary/aromatic N) is 6. The molecule has 2 aliphatic rings. The zero-order chi connectivity index (χ0) is 24.5. The predicted octanol–water partition coefficient (Wildman–Crippen LogP) is 2.26. The number of anilines is 3. The molecule has 11 nitrogen and oxygen atoms in total. The summed E-state index contributed by atoms with van der Waals surface area (Å²) < 4.78 is 5.33. The third-order valence-corrected chi connectivity index (χ3v) is 6.19. The lowest BCUT2D eigenvalue weighted by atomic mass is 10.1. The van der Waals surface area contributed by atoms with E-state index in [2.05, 4.69) is 25.2 Å². The van der Waals surface area contributed by atoms with Gasteiger partial charge in [0.25, 0.3) is 0 Å². The van der Waals surface area contributed by atoms with Crippen LogP contribution in [0.3, 0.4) is 0 Å². The fourth-order valence-electron chi connectivity index (χ4n) is 4.26. The third-order valence-electron chi connectivity index (χ3n) is 5.90. The summed E-state index contributed by atoms with van der Waals surface area (Å²) in [6.45, 7) is 2.78. The van der Waals surface area contributed by atoms with Crippen LogP contribution in [0, 0.1) is 6.92 Å². The fourth-order valence-corrected chi connectivity index (χ4v) is 4.52. The molecule has 182 valence electrons. The van der Waals surface area contributed by atoms with Gasteiger partial charge in [-0.25, -0.2) is 9.78 Å². The predicted molar refractivity (Wildman–Crippen MR) is 130 cm³/mol. The molecule has 0 aromatic carbocycles. The molecule has 2 bridgehead atoms. The molecule has 3 N–H and O–H groups in total. The van der Waals surface area contributed by atoms with E-state index >= 15 is 0 Å². The average molecular weight is 498 g/mol. The number of hydrogen-bond donors (Lipinski definition) is 3. The van der Waals surface area contributed by atoms with E-state index in [1.165, 1.54) is 12.4 Å². The third kappa shape index (κ3) is 4.70. The number of amides is 2. The summed E-state index contributed by atoms with van der Waals surface area (Å²) in [5.41, 5.74) is 3.03. The van der Waals surface area contributed by atoms with Crippen molar-refractivity contribution in [2.45, 2.75) is 25.5 Å². The van der Waals surface area contributed by atoms with E-state index < -0.39 is 18.7 Å². The molecule has 2 atom stereocenters. The van der Waals surface area contributed by atoms with Gasteiger partial charge in [-0.05, 0) is 31.5 Å². The highest BCUT2D eigenvalue weighted by Gasteiger charge is 2.41. The molecule has 5 heterocycles. The molecule has 12 heteroatoms. The van der Waals surface area contributed by atoms with E-state index in [4.69, 9.17) is 26.4 Å². The fraction of sp³-hybridized carbons (Fsp3) is 0.348. The largest absolute Gasteiger partial charge is 0.474 e. The maximum absolute atomic E-state index is 13.5. The molecule has 0 saturated carbocycles. The lowest BCUT2D eigenvalue weighted by Crippen LogP contribution is -2.48. The van der Waals surface area contributed by atoms with Gasteiger partial charge in [0.05, 0.1) is 41.4 Å². The smallest absolute Gasteiger partial charge is 0.329 e. The van der Waals surface area contributed by atoms with Crippen LogP contribution >= 0.6 is 11.6 Å². The Morgan fingerprint density at radius 1 is 1.34 bits per heavy atom. The number of urea groups is 1. The summed E-state index contributed by atoms with van der Waals surface area (Å²) in [4.78, 5) is 34.6. The Hall–Kier alpha value is -3.54. The first kappa shape index (κ1) is 23.2. The zero-order valence-corrected chi connectivity index (χ0v) is 19.7. The Morgan fingerprint density at radius 2 is 2.20 bits per heavy atom. The summed E-state index contributed by atoms with van der Waals surface area (Å²) in [5, 5.41) is 21.7. The Balaban J connectivity index is 1.44. The Labute approximate surface area is 206 Å². The van der Waals surface area contributed by atoms with Crippen molar-refractivity contribution in [3.8, 4) is 17.1 Å². The molecule has 3 aromatic heterocycles. The first-order valence-corrected chi connectivity index (χ1v) is 11.5. The lowest BCUT2D eigenvalue weighted by Gasteiger charge is -2.36. The van der Waals surface area contributed by atoms with Crippen molar-refractivity contribution >= 4 is 35.0 Å². The number of aliphatic hydroxyl groups excluding tert-OH is 2. The van der Waals surface area contributed by atoms with Gasteiger partial charge in [0, 0.05) is 30.5 Å². The molecule has 35 heavy (non-hydrogen) atoms. The van der Waals surface area contributed by atoms with Gasteiger partial charge in [0.15, 0.2) is 11.6 Å². The number of ether oxygens (including phenoxy) is 1. The van der Waals surface area contributed by atoms with Gasteiger partial charge in [0.1, 0.15) is 12.7 Å². The Morgan fingerprint density at radius 3 is 3.00 bits per heavy atom. The quantitative estimate of drug-likeness (QED) is 0.468. The van der Waals surface area contributed by atoms with Crippen molar-refractivity contribution in [2.75, 3.05) is 41.4 Å². The maximum Gasteiger partial charge on any atom is 0.329 e. The van der Waals surface area contributed by atoms with Crippen LogP contribution in [0.4, 0.5) is 22.1 Å². The molecule has 1 unspecified atom stereocenters. The monoisotopic (exact) mass is 497 g/mol. The molecule has 0 spiro atoms. The number of pyridine rings is 2. The second-order valence-corrected chi connectivity index (χ2v) is 8.83. The van der Waals surface area contributed by atoms with E-state index in [1.807, 2.05) is 25.1 Å². The second-order valence-electron chi connectivity index (χ2n) is 8.43. The van der Waals surface area contributed by atoms with Gasteiger partial charge in [-0.1, -0.05) is 11.6 Å². The van der Waals surface area contributed by atoms with Crippen LogP contribution in [0.25, 0.3) is 11.3 Å². The van der Waals surface area contributed by atoms with Gasteiger partial charge in [0.2, 0.25) is 5.88 Å². The minimum Gasteiger partial charge on any atom is -0.474 e. The number of carbonyl (C=O) groups is 1. The Bertz CT molecular complexity index is 1260. The summed E-state index contributed by atoms with van der Waals surface area (Å²) in [6.07, 6.45) is 4.21. The Kier molecular flexibility index (Phi) is 6.37. The molecule has 0 radical (unpaired) electrons. The van der Waals surface area contributed by atoms with E-state index in [-0.39, 0.29) is 24.3 Å². The second kappa shape index (κ2) is 9.61. The number of halogens is 1. The standard InChI is InChI=1S/C23H24ClN7O4/c1-13-6-14(2-4-26-13)21-17(24)7-18-22(29-21)31(15-3-5-30(18)10-15)23(34)28-19-8-25-9-20(27-19)35-12-16(33)11-32/h2,4,6-9,15-16,32-33H,3,5,10-12H2,1H3,(H,27,28,34)/t15?,16-/m1/s1. The van der Waals surface area contributed by atoms with E-state index in [0.29, 0.717) is 23.1 Å². The van der Waals surface area contributed by atoms with Crippen LogP contribution in [0.1, 0.15) is 12.1 Å². The van der Waals surface area contributed by atoms with Crippen molar-refractivity contribution in [1.82, 2.24) is 19.9 Å². The SMILES string of the molecule is Cc1cc(-c2nc3c(cc2Cl)N2CCC(C2)N3C(=O)Nc2cncc(OC[C@H](O)CO)n2)ccn1. The maximum atomic E-state index is 13.5. The van der Waals surface area contributed by atoms with Crippen LogP contribution in [0.15, 0.2) is 36.8 Å². The van der Waals surface area contributed by atoms with E-state index in [0.717, 1.165) is 29.9 Å². The lowest BCUT2D eigenvalue weighted by molar-refractivity contribution is 0.0520. The van der Waals surface area contributed by atoms with E-state index in [9.17, 15) is 9.90 Å². The summed E-state index contributed by atoms with van der Waals surface area (Å²) in [6, 6.07) is 5.14. The number of carbonyl (C=O) groups excluding carboxylic acids is 1. The van der Waals surface area contributed by atoms with Gasteiger partial charge in [-0.2, -0.15) is 4.98 Å². The first-order chi connectivity index (χ1) is 16.9. The van der Waals surface area contributed by atoms with Crippen LogP contribution in [-0.2, 0) is 0 Å². The highest BCUT2D eigenvalue weighted by atomic mass is 35.5. The van der Waals surface area contributed by atoms with Crippen LogP contribution in [-0.4, -0.2) is 74.6 Å². The minimum atomic E-state index is -1.04. The van der Waals surface area contributed by atoms with Crippen molar-refractivity contribution in [1.29, 1.82) is 0 Å². The minimum absolute atomic E-state index is 0.0599. The van der Waals surface area contributed by atoms with Gasteiger partial charge >= 0.3 is 6.03 Å². The van der Waals surface area contributed by atoms with Crippen molar-refractivity contribution in [2.24, 2.45) is 0 Å². The zero-order valence-electron chi connectivity index (χ0n) is 18.9. The molecule has 1 saturated heterocycles. The topological polar surface area (TPSA) is 137 Å². The number of fused-ring (bicyclic) bond motifs is 4. The van der Waals surface area contributed by atoms with Gasteiger partial charge < -0.3 is 19.8 Å². The van der Waals surface area contributed by atoms with Crippen LogP contribution in [0.5, 0.6) is 5.88 Å². The number of aryl methyl sites for hydroxylation is 1. The molecule has 2 aliphatic heterocycles. The van der Waals surface area contributed by atoms with Crippen LogP contribution < -0.4 is 19.9 Å². The highest BCUT2D eigenvalue weighted by Crippen LogP contribution is 2.43. The van der Waals surface area contributed by atoms with E-state index in [1.54, 1.807) is 11.1 Å². The van der Waals surface area contributed by atoms with Gasteiger partial charge in [-0.3, -0.25) is 20.2 Å².